The van der Waals surface area contributed by atoms with Crippen LogP contribution in [0.4, 0.5) is 5.69 Å². The van der Waals surface area contributed by atoms with Gasteiger partial charge in [0.1, 0.15) is 0 Å². The van der Waals surface area contributed by atoms with Crippen molar-refractivity contribution in [2.24, 2.45) is 0 Å². The van der Waals surface area contributed by atoms with Crippen LogP contribution in [0.15, 0.2) is 59.1 Å². The smallest absolute Gasteiger partial charge is 0.230 e. The van der Waals surface area contributed by atoms with Crippen LogP contribution < -0.4 is 10.6 Å². The molecule has 2 aromatic carbocycles. The molecule has 0 unspecified atom stereocenters. The molecule has 0 radical (unpaired) electrons. The van der Waals surface area contributed by atoms with Gasteiger partial charge >= 0.3 is 0 Å². The number of thiocarbonyl (C=S) groups is 1. The summed E-state index contributed by atoms with van der Waals surface area (Å²) in [6.45, 7) is 0. The molecule has 0 fully saturated rings. The zero-order valence-electron chi connectivity index (χ0n) is 10.6. The van der Waals surface area contributed by atoms with Crippen LogP contribution in [0, 0.1) is 0 Å². The second-order valence-electron chi connectivity index (χ2n) is 4.18. The molecule has 0 atom stereocenters. The van der Waals surface area contributed by atoms with E-state index in [2.05, 4.69) is 26.6 Å². The van der Waals surface area contributed by atoms with Crippen LogP contribution in [-0.4, -0.2) is 11.0 Å². The largest absolute Gasteiger partial charge is 0.332 e. The molecule has 5 heteroatoms. The maximum Gasteiger partial charge on any atom is 0.230 e. The molecule has 2 rings (SSSR count). The molecule has 20 heavy (non-hydrogen) atoms. The Labute approximate surface area is 131 Å². The fourth-order valence-corrected chi connectivity index (χ4v) is 2.31. The van der Waals surface area contributed by atoms with Crippen LogP contribution in [0.5, 0.6) is 0 Å². The highest BCUT2D eigenvalue weighted by atomic mass is 79.9. The molecule has 102 valence electrons. The quantitative estimate of drug-likeness (QED) is 0.834. The van der Waals surface area contributed by atoms with E-state index >= 15 is 0 Å². The molecule has 1 amide bonds. The van der Waals surface area contributed by atoms with Crippen LogP contribution in [-0.2, 0) is 11.2 Å². The molecule has 0 saturated heterocycles. The van der Waals surface area contributed by atoms with Crippen LogP contribution in [0.2, 0.25) is 0 Å². The van der Waals surface area contributed by atoms with Gasteiger partial charge in [0.25, 0.3) is 0 Å². The molecule has 0 aliphatic rings. The van der Waals surface area contributed by atoms with E-state index in [0.717, 1.165) is 15.7 Å². The van der Waals surface area contributed by atoms with Gasteiger partial charge in [-0.05, 0) is 36.0 Å². The average Bonchev–Trinajstić information content (AvgIpc) is 2.39. The van der Waals surface area contributed by atoms with Crippen LogP contribution in [0.3, 0.4) is 0 Å². The summed E-state index contributed by atoms with van der Waals surface area (Å²) in [5.74, 6) is -0.135. The zero-order valence-corrected chi connectivity index (χ0v) is 13.0. The third-order valence-electron chi connectivity index (χ3n) is 2.54. The first-order valence-corrected chi connectivity index (χ1v) is 7.24. The zero-order chi connectivity index (χ0) is 14.4. The first-order chi connectivity index (χ1) is 9.63. The molecule has 0 spiro atoms. The van der Waals surface area contributed by atoms with E-state index < -0.39 is 0 Å². The number of rotatable bonds is 3. The Morgan fingerprint density at radius 2 is 1.85 bits per heavy atom. The molecule has 0 aromatic heterocycles. The second-order valence-corrected chi connectivity index (χ2v) is 5.50. The molecular formula is C15H13BrN2OS. The van der Waals surface area contributed by atoms with Crippen molar-refractivity contribution in [2.75, 3.05) is 5.32 Å². The molecule has 3 nitrogen and oxygen atoms in total. The monoisotopic (exact) mass is 348 g/mol. The molecule has 0 aliphatic carbocycles. The second kappa shape index (κ2) is 7.17. The third-order valence-corrected chi connectivity index (χ3v) is 3.24. The molecule has 0 aliphatic heterocycles. The number of carbonyl (C=O) groups is 1. The van der Waals surface area contributed by atoms with E-state index in [1.165, 1.54) is 0 Å². The Hall–Kier alpha value is -1.72. The Kier molecular flexibility index (Phi) is 5.26. The number of benzene rings is 2. The SMILES string of the molecule is O=C(Cc1ccccc1)NC(=S)Nc1cccc(Br)c1. The summed E-state index contributed by atoms with van der Waals surface area (Å²) in [6.07, 6.45) is 0.307. The van der Waals surface area contributed by atoms with Crippen molar-refractivity contribution in [1.29, 1.82) is 0 Å². The summed E-state index contributed by atoms with van der Waals surface area (Å²) >= 11 is 8.49. The van der Waals surface area contributed by atoms with E-state index in [1.54, 1.807) is 0 Å². The van der Waals surface area contributed by atoms with Crippen LogP contribution >= 0.6 is 28.1 Å². The van der Waals surface area contributed by atoms with Gasteiger partial charge in [-0.2, -0.15) is 0 Å². The lowest BCUT2D eigenvalue weighted by Gasteiger charge is -2.09. The molecule has 0 bridgehead atoms. The molecule has 2 aromatic rings. The lowest BCUT2D eigenvalue weighted by Crippen LogP contribution is -2.35. The Balaban J connectivity index is 1.87. The summed E-state index contributed by atoms with van der Waals surface area (Å²) in [7, 11) is 0. The van der Waals surface area contributed by atoms with E-state index in [4.69, 9.17) is 12.2 Å². The van der Waals surface area contributed by atoms with Gasteiger partial charge in [0.05, 0.1) is 6.42 Å². The number of amides is 1. The summed E-state index contributed by atoms with van der Waals surface area (Å²) in [4.78, 5) is 11.8. The van der Waals surface area contributed by atoms with Crippen molar-refractivity contribution >= 4 is 44.9 Å². The van der Waals surface area contributed by atoms with Crippen molar-refractivity contribution in [2.45, 2.75) is 6.42 Å². The van der Waals surface area contributed by atoms with Crippen molar-refractivity contribution in [1.82, 2.24) is 5.32 Å². The minimum absolute atomic E-state index is 0.135. The molecule has 0 saturated carbocycles. The van der Waals surface area contributed by atoms with Gasteiger partial charge in [-0.1, -0.05) is 52.3 Å². The van der Waals surface area contributed by atoms with Gasteiger partial charge in [0, 0.05) is 10.2 Å². The standard InChI is InChI=1S/C15H13BrN2OS/c16-12-7-4-8-13(10-12)17-15(20)18-14(19)9-11-5-2-1-3-6-11/h1-8,10H,9H2,(H2,17,18,19,20). The number of hydrogen-bond donors (Lipinski definition) is 2. The average molecular weight is 349 g/mol. The fraction of sp³-hybridized carbons (Fsp3) is 0.0667. The number of carbonyl (C=O) groups excluding carboxylic acids is 1. The van der Waals surface area contributed by atoms with Gasteiger partial charge in [-0.15, -0.1) is 0 Å². The minimum atomic E-state index is -0.135. The summed E-state index contributed by atoms with van der Waals surface area (Å²) in [6, 6.07) is 17.1. The lowest BCUT2D eigenvalue weighted by atomic mass is 10.1. The van der Waals surface area contributed by atoms with Crippen molar-refractivity contribution in [3.05, 3.63) is 64.6 Å². The Morgan fingerprint density at radius 1 is 1.10 bits per heavy atom. The predicted molar refractivity (Wildman–Crippen MR) is 88.7 cm³/mol. The normalized spacial score (nSPS) is 9.85. The number of anilines is 1. The van der Waals surface area contributed by atoms with E-state index in [9.17, 15) is 4.79 Å². The predicted octanol–water partition coefficient (Wildman–Crippen LogP) is 3.50. The van der Waals surface area contributed by atoms with Crippen molar-refractivity contribution < 1.29 is 4.79 Å². The van der Waals surface area contributed by atoms with E-state index in [-0.39, 0.29) is 5.91 Å². The Morgan fingerprint density at radius 3 is 2.55 bits per heavy atom. The number of hydrogen-bond acceptors (Lipinski definition) is 2. The first kappa shape index (κ1) is 14.7. The minimum Gasteiger partial charge on any atom is -0.332 e. The highest BCUT2D eigenvalue weighted by molar-refractivity contribution is 9.10. The van der Waals surface area contributed by atoms with Crippen molar-refractivity contribution in [3.8, 4) is 0 Å². The maximum atomic E-state index is 11.8. The van der Waals surface area contributed by atoms with Crippen LogP contribution in [0.25, 0.3) is 0 Å². The number of nitrogens with one attached hydrogen (secondary N) is 2. The van der Waals surface area contributed by atoms with Gasteiger partial charge in [0.2, 0.25) is 5.91 Å². The molecule has 0 heterocycles. The highest BCUT2D eigenvalue weighted by Crippen LogP contribution is 2.15. The first-order valence-electron chi connectivity index (χ1n) is 6.04. The van der Waals surface area contributed by atoms with Crippen LogP contribution in [0.1, 0.15) is 5.56 Å². The number of halogens is 1. The van der Waals surface area contributed by atoms with E-state index in [0.29, 0.717) is 11.5 Å². The molecular weight excluding hydrogens is 336 g/mol. The Bertz CT molecular complexity index is 616. The van der Waals surface area contributed by atoms with Gasteiger partial charge in [0.15, 0.2) is 5.11 Å². The van der Waals surface area contributed by atoms with Crippen molar-refractivity contribution in [3.63, 3.8) is 0 Å². The summed E-state index contributed by atoms with van der Waals surface area (Å²) in [5, 5.41) is 5.93. The summed E-state index contributed by atoms with van der Waals surface area (Å²) < 4.78 is 0.945. The topological polar surface area (TPSA) is 41.1 Å². The van der Waals surface area contributed by atoms with Gasteiger partial charge < -0.3 is 10.6 Å². The maximum absolute atomic E-state index is 11.8. The van der Waals surface area contributed by atoms with Gasteiger partial charge in [-0.3, -0.25) is 4.79 Å². The third kappa shape index (κ3) is 4.75. The highest BCUT2D eigenvalue weighted by Gasteiger charge is 2.06. The van der Waals surface area contributed by atoms with Gasteiger partial charge in [-0.25, -0.2) is 0 Å². The lowest BCUT2D eigenvalue weighted by molar-refractivity contribution is -0.119. The fourth-order valence-electron chi connectivity index (χ4n) is 1.68. The molecule has 2 N–H and O–H groups in total. The summed E-state index contributed by atoms with van der Waals surface area (Å²) in [5.41, 5.74) is 1.78. The van der Waals surface area contributed by atoms with E-state index in [1.807, 2.05) is 54.6 Å².